The van der Waals surface area contributed by atoms with Gasteiger partial charge in [-0.05, 0) is 17.8 Å². The summed E-state index contributed by atoms with van der Waals surface area (Å²) in [5.74, 6) is 3.04. The minimum Gasteiger partial charge on any atom is -0.443 e. The average molecular weight is 322 g/mol. The minimum atomic E-state index is -0.0218. The van der Waals surface area contributed by atoms with E-state index < -0.39 is 0 Å². The number of hydrogen-bond acceptors (Lipinski definition) is 3. The lowest BCUT2D eigenvalue weighted by atomic mass is 9.84. The predicted octanol–water partition coefficient (Wildman–Crippen LogP) is 3.71. The third-order valence-corrected chi connectivity index (χ3v) is 3.62. The van der Waals surface area contributed by atoms with Crippen LogP contribution in [0.5, 0.6) is 0 Å². The third-order valence-electron chi connectivity index (χ3n) is 3.62. The van der Waals surface area contributed by atoms with E-state index in [1.54, 1.807) is 13.2 Å². The smallest absolute Gasteiger partial charge is 0.213 e. The van der Waals surface area contributed by atoms with Gasteiger partial charge in [0.2, 0.25) is 5.89 Å². The summed E-state index contributed by atoms with van der Waals surface area (Å²) >= 11 is 0. The van der Waals surface area contributed by atoms with Crippen LogP contribution in [0, 0.1) is 11.3 Å². The van der Waals surface area contributed by atoms with Crippen molar-refractivity contribution in [1.82, 2.24) is 15.6 Å². The molecule has 0 aliphatic rings. The fourth-order valence-electron chi connectivity index (χ4n) is 2.62. The van der Waals surface area contributed by atoms with Gasteiger partial charge in [0, 0.05) is 19.0 Å². The second kappa shape index (κ2) is 7.84. The molecule has 0 aromatic carbocycles. The lowest BCUT2D eigenvalue weighted by Crippen LogP contribution is -2.42. The van der Waals surface area contributed by atoms with Gasteiger partial charge in [-0.3, -0.25) is 4.99 Å². The maximum absolute atomic E-state index is 5.78. The fraction of sp³-hybridized carbons (Fsp3) is 0.778. The summed E-state index contributed by atoms with van der Waals surface area (Å²) in [6, 6.07) is 0. The van der Waals surface area contributed by atoms with Gasteiger partial charge in [0.25, 0.3) is 0 Å². The lowest BCUT2D eigenvalue weighted by molar-refractivity contribution is 0.286. The Morgan fingerprint density at radius 2 is 1.87 bits per heavy atom. The number of aromatic nitrogens is 1. The Kier molecular flexibility index (Phi) is 6.66. The van der Waals surface area contributed by atoms with Crippen LogP contribution in [0.15, 0.2) is 15.6 Å². The molecule has 132 valence electrons. The number of hydrogen-bond donors (Lipinski definition) is 2. The van der Waals surface area contributed by atoms with E-state index in [1.807, 2.05) is 0 Å². The number of nitrogens with one attached hydrogen (secondary N) is 2. The quantitative estimate of drug-likeness (QED) is 0.619. The molecular formula is C18H34N4O. The van der Waals surface area contributed by atoms with E-state index in [4.69, 9.17) is 4.42 Å². The van der Waals surface area contributed by atoms with Crippen molar-refractivity contribution in [2.45, 2.75) is 66.8 Å². The molecule has 2 N–H and O–H groups in total. The van der Waals surface area contributed by atoms with Crippen LogP contribution in [-0.4, -0.2) is 24.5 Å². The van der Waals surface area contributed by atoms with Crippen LogP contribution in [0.25, 0.3) is 0 Å². The summed E-state index contributed by atoms with van der Waals surface area (Å²) in [7, 11) is 1.78. The van der Waals surface area contributed by atoms with E-state index in [-0.39, 0.29) is 10.8 Å². The van der Waals surface area contributed by atoms with Crippen LogP contribution in [0.3, 0.4) is 0 Å². The predicted molar refractivity (Wildman–Crippen MR) is 96.6 cm³/mol. The second-order valence-corrected chi connectivity index (χ2v) is 8.41. The Morgan fingerprint density at radius 3 is 2.35 bits per heavy atom. The normalized spacial score (nSPS) is 13.5. The van der Waals surface area contributed by atoms with Gasteiger partial charge in [0.05, 0.1) is 12.7 Å². The highest BCUT2D eigenvalue weighted by atomic mass is 16.4. The van der Waals surface area contributed by atoms with Crippen molar-refractivity contribution in [3.8, 4) is 0 Å². The van der Waals surface area contributed by atoms with Crippen molar-refractivity contribution in [3.63, 3.8) is 0 Å². The highest BCUT2D eigenvalue weighted by Gasteiger charge is 2.21. The van der Waals surface area contributed by atoms with E-state index in [2.05, 4.69) is 69.1 Å². The molecule has 0 saturated carbocycles. The van der Waals surface area contributed by atoms with Gasteiger partial charge in [-0.2, -0.15) is 0 Å². The largest absolute Gasteiger partial charge is 0.443 e. The highest BCUT2D eigenvalue weighted by Crippen LogP contribution is 2.24. The topological polar surface area (TPSA) is 62.5 Å². The van der Waals surface area contributed by atoms with E-state index in [0.29, 0.717) is 18.4 Å². The van der Waals surface area contributed by atoms with Crippen molar-refractivity contribution < 1.29 is 4.42 Å². The Balaban J connectivity index is 2.50. The second-order valence-electron chi connectivity index (χ2n) is 8.41. The van der Waals surface area contributed by atoms with Crippen molar-refractivity contribution in [2.75, 3.05) is 13.6 Å². The van der Waals surface area contributed by atoms with E-state index in [1.165, 1.54) is 6.42 Å². The molecule has 0 unspecified atom stereocenters. The molecule has 23 heavy (non-hydrogen) atoms. The first-order valence-corrected chi connectivity index (χ1v) is 8.43. The molecular weight excluding hydrogens is 288 g/mol. The summed E-state index contributed by atoms with van der Waals surface area (Å²) in [5.41, 5.74) is 0.209. The Bertz CT molecular complexity index is 509. The van der Waals surface area contributed by atoms with Crippen molar-refractivity contribution in [1.29, 1.82) is 0 Å². The summed E-state index contributed by atoms with van der Waals surface area (Å²) in [5, 5.41) is 6.65. The van der Waals surface area contributed by atoms with E-state index in [0.717, 1.165) is 18.3 Å². The third kappa shape index (κ3) is 7.06. The van der Waals surface area contributed by atoms with Crippen molar-refractivity contribution in [3.05, 3.63) is 17.8 Å². The number of rotatable bonds is 6. The Labute approximate surface area is 141 Å². The molecule has 0 aliphatic heterocycles. The molecule has 0 saturated heterocycles. The Hall–Kier alpha value is -1.52. The monoisotopic (exact) mass is 322 g/mol. The molecule has 5 nitrogen and oxygen atoms in total. The van der Waals surface area contributed by atoms with E-state index >= 15 is 0 Å². The molecule has 0 amide bonds. The number of aliphatic imine (C=N–C) groups is 1. The van der Waals surface area contributed by atoms with Crippen LogP contribution >= 0.6 is 0 Å². The van der Waals surface area contributed by atoms with Crippen LogP contribution < -0.4 is 10.6 Å². The SMILES string of the molecule is CN=C(NCc1ncc(C(C)(C)C)o1)NCC(C)(C)CC(C)C. The molecule has 0 radical (unpaired) electrons. The van der Waals surface area contributed by atoms with E-state index in [9.17, 15) is 0 Å². The summed E-state index contributed by atoms with van der Waals surface area (Å²) in [6.07, 6.45) is 2.98. The maximum Gasteiger partial charge on any atom is 0.213 e. The van der Waals surface area contributed by atoms with Crippen molar-refractivity contribution in [2.24, 2.45) is 16.3 Å². The summed E-state index contributed by atoms with van der Waals surface area (Å²) in [6.45, 7) is 16.8. The van der Waals surface area contributed by atoms with Gasteiger partial charge >= 0.3 is 0 Å². The van der Waals surface area contributed by atoms with Crippen LogP contribution in [-0.2, 0) is 12.0 Å². The van der Waals surface area contributed by atoms with Crippen molar-refractivity contribution >= 4 is 5.96 Å². The first kappa shape index (κ1) is 19.5. The minimum absolute atomic E-state index is 0.0218. The molecule has 0 spiro atoms. The maximum atomic E-state index is 5.78. The first-order valence-electron chi connectivity index (χ1n) is 8.43. The van der Waals surface area contributed by atoms with Gasteiger partial charge in [-0.15, -0.1) is 0 Å². The van der Waals surface area contributed by atoms with Crippen LogP contribution in [0.1, 0.15) is 66.5 Å². The molecule has 1 rings (SSSR count). The van der Waals surface area contributed by atoms with Crippen LogP contribution in [0.4, 0.5) is 0 Å². The zero-order valence-electron chi connectivity index (χ0n) is 16.1. The van der Waals surface area contributed by atoms with Gasteiger partial charge < -0.3 is 15.1 Å². The average Bonchev–Trinajstić information content (AvgIpc) is 2.86. The first-order chi connectivity index (χ1) is 10.5. The molecule has 5 heteroatoms. The zero-order valence-corrected chi connectivity index (χ0v) is 16.1. The summed E-state index contributed by atoms with van der Waals surface area (Å²) < 4.78 is 5.78. The number of guanidine groups is 1. The molecule has 0 bridgehead atoms. The van der Waals surface area contributed by atoms with Gasteiger partial charge in [0.15, 0.2) is 5.96 Å². The zero-order chi connectivity index (χ0) is 17.7. The van der Waals surface area contributed by atoms with Crippen LogP contribution in [0.2, 0.25) is 0 Å². The highest BCUT2D eigenvalue weighted by molar-refractivity contribution is 5.79. The molecule has 0 atom stereocenters. The number of oxazole rings is 1. The molecule has 0 fully saturated rings. The van der Waals surface area contributed by atoms with Gasteiger partial charge in [-0.25, -0.2) is 4.98 Å². The number of nitrogens with zero attached hydrogens (tertiary/aromatic N) is 2. The Morgan fingerprint density at radius 1 is 1.22 bits per heavy atom. The van der Waals surface area contributed by atoms with Gasteiger partial charge in [0.1, 0.15) is 5.76 Å². The van der Waals surface area contributed by atoms with Gasteiger partial charge in [-0.1, -0.05) is 48.5 Å². The molecule has 1 aromatic heterocycles. The fourth-order valence-corrected chi connectivity index (χ4v) is 2.62. The standard InChI is InChI=1S/C18H34N4O/c1-13(2)9-18(6,7)12-22-16(19-8)21-11-15-20-10-14(23-15)17(3,4)5/h10,13H,9,11-12H2,1-8H3,(H2,19,21,22). The molecule has 1 aromatic rings. The lowest BCUT2D eigenvalue weighted by Gasteiger charge is -2.27. The summed E-state index contributed by atoms with van der Waals surface area (Å²) in [4.78, 5) is 8.59. The molecule has 0 aliphatic carbocycles. The molecule has 1 heterocycles.